The van der Waals surface area contributed by atoms with Crippen LogP contribution < -0.4 is 9.04 Å². The third-order valence-electron chi connectivity index (χ3n) is 5.68. The minimum absolute atomic E-state index is 0.00653. The van der Waals surface area contributed by atoms with Crippen molar-refractivity contribution in [2.45, 2.75) is 11.8 Å². The van der Waals surface area contributed by atoms with Crippen LogP contribution in [0.5, 0.6) is 5.75 Å². The molecule has 9 heteroatoms. The summed E-state index contributed by atoms with van der Waals surface area (Å²) in [6.07, 6.45) is 0. The maximum absolute atomic E-state index is 13.1. The van der Waals surface area contributed by atoms with Gasteiger partial charge in [0.05, 0.1) is 23.3 Å². The van der Waals surface area contributed by atoms with Crippen molar-refractivity contribution in [1.82, 2.24) is 4.98 Å². The quantitative estimate of drug-likeness (QED) is 0.290. The van der Waals surface area contributed by atoms with E-state index in [0.717, 1.165) is 15.2 Å². The summed E-state index contributed by atoms with van der Waals surface area (Å²) < 4.78 is 37.7. The monoisotopic (exact) mass is 492 g/mol. The molecule has 3 aromatic carbocycles. The third-order valence-corrected chi connectivity index (χ3v) is 7.47. The van der Waals surface area contributed by atoms with Gasteiger partial charge in [-0.1, -0.05) is 30.3 Å². The number of aryl methyl sites for hydroxylation is 1. The number of rotatable bonds is 8. The van der Waals surface area contributed by atoms with Gasteiger partial charge in [0, 0.05) is 29.2 Å². The summed E-state index contributed by atoms with van der Waals surface area (Å²) in [5.74, 6) is -0.641. The first-order chi connectivity index (χ1) is 16.7. The Morgan fingerprint density at radius 1 is 0.943 bits per heavy atom. The van der Waals surface area contributed by atoms with Gasteiger partial charge in [0.15, 0.2) is 6.61 Å². The molecule has 0 saturated heterocycles. The van der Waals surface area contributed by atoms with Gasteiger partial charge >= 0.3 is 5.97 Å². The van der Waals surface area contributed by atoms with E-state index in [-0.39, 0.29) is 16.2 Å². The van der Waals surface area contributed by atoms with Crippen molar-refractivity contribution in [2.75, 3.05) is 25.1 Å². The minimum atomic E-state index is -3.90. The van der Waals surface area contributed by atoms with Gasteiger partial charge in [0.1, 0.15) is 5.75 Å². The van der Waals surface area contributed by atoms with Gasteiger partial charge in [-0.2, -0.15) is 0 Å². The zero-order valence-corrected chi connectivity index (χ0v) is 20.3. The average Bonchev–Trinajstić information content (AvgIpc) is 3.22. The molecule has 0 spiro atoms. The number of H-pyrrole nitrogens is 1. The molecule has 0 aliphatic heterocycles. The van der Waals surface area contributed by atoms with E-state index in [4.69, 9.17) is 9.47 Å². The van der Waals surface area contributed by atoms with E-state index in [9.17, 15) is 18.0 Å². The number of aromatic nitrogens is 1. The lowest BCUT2D eigenvalue weighted by molar-refractivity contribution is 0.0475. The number of fused-ring (bicyclic) bond motifs is 1. The van der Waals surface area contributed by atoms with E-state index in [1.54, 1.807) is 31.2 Å². The van der Waals surface area contributed by atoms with E-state index < -0.39 is 22.6 Å². The summed E-state index contributed by atoms with van der Waals surface area (Å²) in [7, 11) is -1.02. The normalized spacial score (nSPS) is 11.3. The van der Waals surface area contributed by atoms with Crippen molar-refractivity contribution in [1.29, 1.82) is 0 Å². The molecular formula is C26H24N2O6S. The highest BCUT2D eigenvalue weighted by Gasteiger charge is 2.24. The molecule has 1 aromatic heterocycles. The molecule has 4 aromatic rings. The van der Waals surface area contributed by atoms with Crippen LogP contribution in [0.3, 0.4) is 0 Å². The van der Waals surface area contributed by atoms with Gasteiger partial charge in [-0.25, -0.2) is 13.2 Å². The highest BCUT2D eigenvalue weighted by Crippen LogP contribution is 2.31. The fourth-order valence-corrected chi connectivity index (χ4v) is 5.07. The van der Waals surface area contributed by atoms with E-state index >= 15 is 0 Å². The van der Waals surface area contributed by atoms with Crippen LogP contribution in [0.15, 0.2) is 77.7 Å². The summed E-state index contributed by atoms with van der Waals surface area (Å²) in [4.78, 5) is 28.4. The van der Waals surface area contributed by atoms with Crippen LogP contribution in [0.2, 0.25) is 0 Å². The van der Waals surface area contributed by atoms with Crippen molar-refractivity contribution in [3.05, 3.63) is 89.6 Å². The Bertz CT molecular complexity index is 1510. The predicted octanol–water partition coefficient (Wildman–Crippen LogP) is 4.35. The summed E-state index contributed by atoms with van der Waals surface area (Å²) in [5, 5.41) is 0.764. The second kappa shape index (κ2) is 9.63. The molecule has 0 bridgehead atoms. The molecule has 0 fully saturated rings. The third kappa shape index (κ3) is 4.63. The lowest BCUT2D eigenvalue weighted by Crippen LogP contribution is -2.27. The van der Waals surface area contributed by atoms with Gasteiger partial charge in [-0.3, -0.25) is 9.10 Å². The molecule has 4 rings (SSSR count). The van der Waals surface area contributed by atoms with Crippen molar-refractivity contribution in [3.8, 4) is 5.75 Å². The minimum Gasteiger partial charge on any atom is -0.495 e. The highest BCUT2D eigenvalue weighted by molar-refractivity contribution is 7.92. The number of hydrogen-bond acceptors (Lipinski definition) is 6. The maximum atomic E-state index is 13.1. The maximum Gasteiger partial charge on any atom is 0.338 e. The van der Waals surface area contributed by atoms with Gasteiger partial charge in [-0.05, 0) is 49.4 Å². The van der Waals surface area contributed by atoms with Crippen LogP contribution in [0.1, 0.15) is 26.4 Å². The lowest BCUT2D eigenvalue weighted by Gasteiger charge is -2.21. The van der Waals surface area contributed by atoms with E-state index in [2.05, 4.69) is 4.98 Å². The van der Waals surface area contributed by atoms with Crippen LogP contribution in [0.4, 0.5) is 5.69 Å². The molecule has 35 heavy (non-hydrogen) atoms. The molecule has 0 amide bonds. The number of carbonyl (C=O) groups is 2. The molecule has 1 N–H and O–H groups in total. The second-order valence-corrected chi connectivity index (χ2v) is 9.81. The Morgan fingerprint density at radius 2 is 1.60 bits per heavy atom. The van der Waals surface area contributed by atoms with Gasteiger partial charge in [0.2, 0.25) is 5.78 Å². The predicted molar refractivity (Wildman–Crippen MR) is 133 cm³/mol. The molecule has 0 unspecified atom stereocenters. The highest BCUT2D eigenvalue weighted by atomic mass is 32.2. The van der Waals surface area contributed by atoms with Gasteiger partial charge in [-0.15, -0.1) is 0 Å². The fraction of sp³-hybridized carbons (Fsp3) is 0.154. The van der Waals surface area contributed by atoms with E-state index in [1.165, 1.54) is 38.4 Å². The van der Waals surface area contributed by atoms with Gasteiger partial charge < -0.3 is 14.5 Å². The zero-order chi connectivity index (χ0) is 25.2. The number of nitrogens with one attached hydrogen (secondary N) is 1. The molecule has 0 atom stereocenters. The SMILES string of the molecule is COc1ccccc1N(C)S(=O)(=O)c1ccc(C(=O)OCC(=O)c2c(C)[nH]c3ccccc23)cc1. The molecule has 0 radical (unpaired) electrons. The van der Waals surface area contributed by atoms with Crippen LogP contribution in [-0.4, -0.2) is 45.9 Å². The number of ether oxygens (including phenoxy) is 2. The second-order valence-electron chi connectivity index (χ2n) is 7.84. The first kappa shape index (κ1) is 24.0. The standard InChI is InChI=1S/C26H24N2O6S/c1-17-25(20-8-4-5-9-21(20)27-17)23(29)16-34-26(30)18-12-14-19(15-13-18)35(31,32)28(2)22-10-6-7-11-24(22)33-3/h4-15,27H,16H2,1-3H3. The zero-order valence-electron chi connectivity index (χ0n) is 19.4. The summed E-state index contributed by atoms with van der Waals surface area (Å²) in [6.45, 7) is 1.36. The number of benzene rings is 3. The molecule has 180 valence electrons. The lowest BCUT2D eigenvalue weighted by atomic mass is 10.1. The number of nitrogens with zero attached hydrogens (tertiary/aromatic N) is 1. The molecule has 1 heterocycles. The van der Waals surface area contributed by atoms with Crippen LogP contribution in [-0.2, 0) is 14.8 Å². The van der Waals surface area contributed by atoms with E-state index in [1.807, 2.05) is 24.3 Å². The number of anilines is 1. The Balaban J connectivity index is 1.47. The fourth-order valence-electron chi connectivity index (χ4n) is 3.86. The van der Waals surface area contributed by atoms with Crippen LogP contribution in [0, 0.1) is 6.92 Å². The number of hydrogen-bond donors (Lipinski definition) is 1. The van der Waals surface area contributed by atoms with Gasteiger partial charge in [0.25, 0.3) is 10.0 Å². The number of methoxy groups -OCH3 is 1. The van der Waals surface area contributed by atoms with Crippen LogP contribution in [0.25, 0.3) is 10.9 Å². The number of Topliss-reactive ketones (excluding diaryl/α,β-unsaturated/α-hetero) is 1. The number of aromatic amines is 1. The Morgan fingerprint density at radius 3 is 2.31 bits per heavy atom. The number of carbonyl (C=O) groups excluding carboxylic acids is 2. The topological polar surface area (TPSA) is 106 Å². The van der Waals surface area contributed by atoms with Crippen LogP contribution >= 0.6 is 0 Å². The number of para-hydroxylation sites is 3. The first-order valence-corrected chi connectivity index (χ1v) is 12.2. The Hall–Kier alpha value is -4.11. The van der Waals surface area contributed by atoms with E-state index in [0.29, 0.717) is 22.7 Å². The first-order valence-electron chi connectivity index (χ1n) is 10.7. The molecular weight excluding hydrogens is 468 g/mol. The number of sulfonamides is 1. The van der Waals surface area contributed by atoms with Crippen molar-refractivity contribution < 1.29 is 27.5 Å². The summed E-state index contributed by atoms with van der Waals surface area (Å²) >= 11 is 0. The van der Waals surface area contributed by atoms with Crippen molar-refractivity contribution >= 4 is 38.4 Å². The smallest absolute Gasteiger partial charge is 0.338 e. The van der Waals surface area contributed by atoms with Crippen molar-refractivity contribution in [3.63, 3.8) is 0 Å². The van der Waals surface area contributed by atoms with Crippen molar-refractivity contribution in [2.24, 2.45) is 0 Å². The summed E-state index contributed by atoms with van der Waals surface area (Å²) in [5.41, 5.74) is 2.52. The molecule has 0 aliphatic rings. The summed E-state index contributed by atoms with van der Waals surface area (Å²) in [6, 6.07) is 19.5. The largest absolute Gasteiger partial charge is 0.495 e. The Labute approximate surface area is 203 Å². The number of esters is 1. The Kier molecular flexibility index (Phi) is 6.61. The molecule has 8 nitrogen and oxygen atoms in total. The average molecular weight is 493 g/mol. The molecule has 0 aliphatic carbocycles. The number of ketones is 1. The molecule has 0 saturated carbocycles.